The predicted molar refractivity (Wildman–Crippen MR) is 103 cm³/mol. The lowest BCUT2D eigenvalue weighted by molar-refractivity contribution is -0.116. The van der Waals surface area contributed by atoms with Gasteiger partial charge in [0.2, 0.25) is 5.91 Å². The van der Waals surface area contributed by atoms with Gasteiger partial charge in [0, 0.05) is 23.6 Å². The fraction of sp³-hybridized carbons (Fsp3) is 0.300. The molecule has 2 aromatic heterocycles. The number of aliphatic hydroxyl groups is 1. The highest BCUT2D eigenvalue weighted by Gasteiger charge is 2.25. The molecule has 1 atom stereocenters. The van der Waals surface area contributed by atoms with Gasteiger partial charge >= 0.3 is 0 Å². The van der Waals surface area contributed by atoms with Gasteiger partial charge in [0.1, 0.15) is 23.3 Å². The molecular formula is C20H23F2N3O3. The number of amides is 1. The Balaban J connectivity index is 0.00000280. The zero-order valence-electron chi connectivity index (χ0n) is 14.8. The van der Waals surface area contributed by atoms with E-state index in [0.29, 0.717) is 23.2 Å². The number of hydrogen-bond donors (Lipinski definition) is 3. The second-order valence-corrected chi connectivity index (χ2v) is 6.04. The summed E-state index contributed by atoms with van der Waals surface area (Å²) in [4.78, 5) is 18.7. The van der Waals surface area contributed by atoms with Crippen molar-refractivity contribution in [1.82, 2.24) is 9.97 Å². The van der Waals surface area contributed by atoms with Gasteiger partial charge in [-0.3, -0.25) is 4.79 Å². The number of hydrogen-bond acceptors (Lipinski definition) is 4. The van der Waals surface area contributed by atoms with Crippen LogP contribution < -0.4 is 10.1 Å². The Bertz CT molecular complexity index is 988. The molecule has 8 heteroatoms. The minimum absolute atomic E-state index is 0. The van der Waals surface area contributed by atoms with E-state index in [4.69, 9.17) is 4.74 Å². The van der Waals surface area contributed by atoms with Crippen LogP contribution in [0.5, 0.6) is 5.75 Å². The zero-order valence-corrected chi connectivity index (χ0v) is 14.8. The van der Waals surface area contributed by atoms with Crippen LogP contribution in [0.4, 0.5) is 14.5 Å². The van der Waals surface area contributed by atoms with Gasteiger partial charge < -0.3 is 20.1 Å². The maximum absolute atomic E-state index is 14.9. The molecule has 1 unspecified atom stereocenters. The number of ether oxygens (including phenoxy) is 1. The van der Waals surface area contributed by atoms with Crippen molar-refractivity contribution in [2.24, 2.45) is 0 Å². The lowest BCUT2D eigenvalue weighted by atomic mass is 9.99. The number of H-pyrrole nitrogens is 1. The van der Waals surface area contributed by atoms with Crippen molar-refractivity contribution >= 4 is 22.6 Å². The Morgan fingerprint density at radius 2 is 2.14 bits per heavy atom. The molecule has 3 rings (SSSR count). The highest BCUT2D eigenvalue weighted by molar-refractivity contribution is 5.91. The first-order chi connectivity index (χ1) is 13.0. The number of fused-ring (bicyclic) bond motifs is 1. The molecule has 28 heavy (non-hydrogen) atoms. The third kappa shape index (κ3) is 3.96. The topological polar surface area (TPSA) is 87.2 Å². The Kier molecular flexibility index (Phi) is 6.69. The molecule has 0 fully saturated rings. The average molecular weight is 391 g/mol. The van der Waals surface area contributed by atoms with Gasteiger partial charge in [0.25, 0.3) is 0 Å². The third-order valence-electron chi connectivity index (χ3n) is 4.22. The van der Waals surface area contributed by atoms with Crippen molar-refractivity contribution in [2.75, 3.05) is 12.4 Å². The number of nitrogens with zero attached hydrogens (tertiary/aromatic N) is 1. The molecule has 0 saturated carbocycles. The fourth-order valence-electron chi connectivity index (χ4n) is 2.85. The van der Waals surface area contributed by atoms with Gasteiger partial charge in [-0.1, -0.05) is 14.4 Å². The standard InChI is InChI=1S/C19H19F2N3O3.CH4/c1-3-4-15(25)24-14-6-5-13(20)16(17(14)21)18(26)12-9-23-19-11(12)7-10(27-2)8-22-19;/h5-9,18,26H,3-4H2,1-2H3,(H,22,23)(H,24,25);1H4. The summed E-state index contributed by atoms with van der Waals surface area (Å²) in [6, 6.07) is 3.76. The maximum atomic E-state index is 14.9. The lowest BCUT2D eigenvalue weighted by Gasteiger charge is -2.15. The molecule has 3 N–H and O–H groups in total. The third-order valence-corrected chi connectivity index (χ3v) is 4.22. The van der Waals surface area contributed by atoms with Crippen LogP contribution in [0.1, 0.15) is 44.4 Å². The molecular weight excluding hydrogens is 368 g/mol. The van der Waals surface area contributed by atoms with Crippen LogP contribution in [0, 0.1) is 11.6 Å². The molecule has 6 nitrogen and oxygen atoms in total. The molecule has 0 bridgehead atoms. The highest BCUT2D eigenvalue weighted by atomic mass is 19.1. The second kappa shape index (κ2) is 8.79. The molecule has 0 spiro atoms. The van der Waals surface area contributed by atoms with Gasteiger partial charge in [-0.2, -0.15) is 0 Å². The van der Waals surface area contributed by atoms with Crippen LogP contribution >= 0.6 is 0 Å². The van der Waals surface area contributed by atoms with Gasteiger partial charge in [-0.05, 0) is 24.6 Å². The smallest absolute Gasteiger partial charge is 0.224 e. The second-order valence-electron chi connectivity index (χ2n) is 6.04. The molecule has 3 aromatic rings. The average Bonchev–Trinajstić information content (AvgIpc) is 3.07. The van der Waals surface area contributed by atoms with E-state index in [1.165, 1.54) is 19.5 Å². The fourth-order valence-corrected chi connectivity index (χ4v) is 2.85. The number of benzene rings is 1. The summed E-state index contributed by atoms with van der Waals surface area (Å²) in [5, 5.41) is 13.6. The van der Waals surface area contributed by atoms with E-state index in [2.05, 4.69) is 15.3 Å². The van der Waals surface area contributed by atoms with Crippen LogP contribution in [0.15, 0.2) is 30.6 Å². The maximum Gasteiger partial charge on any atom is 0.224 e. The summed E-state index contributed by atoms with van der Waals surface area (Å²) >= 11 is 0. The predicted octanol–water partition coefficient (Wildman–Crippen LogP) is 4.31. The van der Waals surface area contributed by atoms with E-state index >= 15 is 0 Å². The number of aromatic nitrogens is 2. The number of carbonyl (C=O) groups is 1. The number of anilines is 1. The first kappa shape index (κ1) is 21.3. The Labute approximate surface area is 161 Å². The molecule has 1 aromatic carbocycles. The lowest BCUT2D eigenvalue weighted by Crippen LogP contribution is -2.14. The van der Waals surface area contributed by atoms with Crippen molar-refractivity contribution in [2.45, 2.75) is 33.3 Å². The van der Waals surface area contributed by atoms with Crippen molar-refractivity contribution in [1.29, 1.82) is 0 Å². The molecule has 0 aliphatic carbocycles. The Morgan fingerprint density at radius 1 is 1.39 bits per heavy atom. The monoisotopic (exact) mass is 391 g/mol. The largest absolute Gasteiger partial charge is 0.495 e. The van der Waals surface area contributed by atoms with E-state index in [0.717, 1.165) is 12.1 Å². The number of rotatable bonds is 6. The number of carbonyl (C=O) groups excluding carboxylic acids is 1. The van der Waals surface area contributed by atoms with Crippen LogP contribution in [-0.2, 0) is 4.79 Å². The molecule has 0 aliphatic rings. The van der Waals surface area contributed by atoms with Crippen molar-refractivity contribution in [3.63, 3.8) is 0 Å². The summed E-state index contributed by atoms with van der Waals surface area (Å²) in [5.41, 5.74) is -0.0447. The van der Waals surface area contributed by atoms with Crippen LogP contribution in [-0.4, -0.2) is 28.1 Å². The number of halogens is 2. The van der Waals surface area contributed by atoms with Gasteiger partial charge in [-0.25, -0.2) is 13.8 Å². The Hall–Kier alpha value is -3.00. The first-order valence-electron chi connectivity index (χ1n) is 8.43. The summed E-state index contributed by atoms with van der Waals surface area (Å²) in [5.74, 6) is -1.88. The summed E-state index contributed by atoms with van der Waals surface area (Å²) in [6.45, 7) is 1.81. The van der Waals surface area contributed by atoms with E-state index < -0.39 is 23.3 Å². The van der Waals surface area contributed by atoms with Crippen molar-refractivity contribution in [3.05, 3.63) is 53.4 Å². The van der Waals surface area contributed by atoms with Crippen molar-refractivity contribution in [3.8, 4) is 5.75 Å². The van der Waals surface area contributed by atoms with Crippen LogP contribution in [0.3, 0.4) is 0 Å². The summed E-state index contributed by atoms with van der Waals surface area (Å²) < 4.78 is 34.3. The molecule has 2 heterocycles. The van der Waals surface area contributed by atoms with E-state index in [9.17, 15) is 18.7 Å². The number of aliphatic hydroxyl groups excluding tert-OH is 1. The zero-order chi connectivity index (χ0) is 19.6. The van der Waals surface area contributed by atoms with Crippen molar-refractivity contribution < 1.29 is 23.4 Å². The quantitative estimate of drug-likeness (QED) is 0.584. The van der Waals surface area contributed by atoms with Gasteiger partial charge in [-0.15, -0.1) is 0 Å². The Morgan fingerprint density at radius 3 is 2.82 bits per heavy atom. The number of aromatic amines is 1. The highest BCUT2D eigenvalue weighted by Crippen LogP contribution is 2.34. The SMILES string of the molecule is C.CCCC(=O)Nc1ccc(F)c(C(O)c2c[nH]c3ncc(OC)cc23)c1F. The van der Waals surface area contributed by atoms with Gasteiger partial charge in [0.15, 0.2) is 5.82 Å². The van der Waals surface area contributed by atoms with Gasteiger partial charge in [0.05, 0.1) is 24.6 Å². The van der Waals surface area contributed by atoms with Crippen LogP contribution in [0.2, 0.25) is 0 Å². The minimum Gasteiger partial charge on any atom is -0.495 e. The molecule has 0 radical (unpaired) electrons. The first-order valence-corrected chi connectivity index (χ1v) is 8.43. The van der Waals surface area contributed by atoms with E-state index in [1.54, 1.807) is 6.07 Å². The summed E-state index contributed by atoms with van der Waals surface area (Å²) in [6.07, 6.45) is 2.12. The number of pyridine rings is 1. The van der Waals surface area contributed by atoms with Crippen LogP contribution in [0.25, 0.3) is 11.0 Å². The molecule has 0 saturated heterocycles. The number of nitrogens with one attached hydrogen (secondary N) is 2. The van der Waals surface area contributed by atoms with E-state index in [1.807, 2.05) is 6.92 Å². The van der Waals surface area contributed by atoms with E-state index in [-0.39, 0.29) is 31.0 Å². The number of methoxy groups -OCH3 is 1. The normalized spacial score (nSPS) is 11.8. The minimum atomic E-state index is -1.60. The molecule has 0 aliphatic heterocycles. The molecule has 1 amide bonds. The summed E-state index contributed by atoms with van der Waals surface area (Å²) in [7, 11) is 1.47. The molecule has 150 valence electrons.